The number of carbonyl (C=O) groups is 1. The average molecular weight is 351 g/mol. The molecular formula is C20H25N5O. The summed E-state index contributed by atoms with van der Waals surface area (Å²) in [5.41, 5.74) is 3.57. The molecule has 1 aromatic heterocycles. The van der Waals surface area contributed by atoms with E-state index in [4.69, 9.17) is 0 Å². The molecule has 1 aromatic carbocycles. The molecule has 2 aromatic rings. The van der Waals surface area contributed by atoms with E-state index in [9.17, 15) is 4.79 Å². The molecule has 1 fully saturated rings. The van der Waals surface area contributed by atoms with Crippen molar-refractivity contribution < 1.29 is 4.79 Å². The van der Waals surface area contributed by atoms with Crippen molar-refractivity contribution in [2.75, 3.05) is 49.6 Å². The predicted molar refractivity (Wildman–Crippen MR) is 103 cm³/mol. The highest BCUT2D eigenvalue weighted by Crippen LogP contribution is 2.28. The summed E-state index contributed by atoms with van der Waals surface area (Å²) < 4.78 is 0. The maximum Gasteiger partial charge on any atom is 0.277 e. The third-order valence-corrected chi connectivity index (χ3v) is 5.20. The summed E-state index contributed by atoms with van der Waals surface area (Å²) in [5, 5.41) is 0. The number of hydrogen-bond acceptors (Lipinski definition) is 5. The first kappa shape index (κ1) is 17.0. The standard InChI is InChI=1S/C20H25N5O/c1-15-14-17(22-20(21-15)24-12-10-23(2)11-13-24)19(26)25-9-5-7-16-6-3-4-8-18(16)25/h3-4,6,8,14H,5,7,9-13H2,1-2H3. The van der Waals surface area contributed by atoms with E-state index in [0.717, 1.165) is 56.9 Å². The number of aromatic nitrogens is 2. The zero-order valence-corrected chi connectivity index (χ0v) is 15.5. The van der Waals surface area contributed by atoms with E-state index in [0.29, 0.717) is 11.6 Å². The van der Waals surface area contributed by atoms with E-state index >= 15 is 0 Å². The number of benzene rings is 1. The summed E-state index contributed by atoms with van der Waals surface area (Å²) in [6.07, 6.45) is 2.01. The van der Waals surface area contributed by atoms with Gasteiger partial charge in [-0.2, -0.15) is 0 Å². The summed E-state index contributed by atoms with van der Waals surface area (Å²) in [6, 6.07) is 9.97. The van der Waals surface area contributed by atoms with Gasteiger partial charge in [-0.3, -0.25) is 4.79 Å². The van der Waals surface area contributed by atoms with E-state index in [-0.39, 0.29) is 5.91 Å². The second-order valence-electron chi connectivity index (χ2n) is 7.17. The molecule has 0 atom stereocenters. The van der Waals surface area contributed by atoms with Gasteiger partial charge in [-0.05, 0) is 44.5 Å². The SMILES string of the molecule is Cc1cc(C(=O)N2CCCc3ccccc32)nc(N2CCN(C)CC2)n1. The largest absolute Gasteiger partial charge is 0.338 e. The van der Waals surface area contributed by atoms with Crippen LogP contribution >= 0.6 is 0 Å². The van der Waals surface area contributed by atoms with E-state index in [1.165, 1.54) is 5.56 Å². The first-order valence-corrected chi connectivity index (χ1v) is 9.31. The van der Waals surface area contributed by atoms with Gasteiger partial charge in [0.25, 0.3) is 5.91 Å². The van der Waals surface area contributed by atoms with Crippen LogP contribution in [0.15, 0.2) is 30.3 Å². The van der Waals surface area contributed by atoms with Gasteiger partial charge in [0.15, 0.2) is 0 Å². The highest BCUT2D eigenvalue weighted by Gasteiger charge is 2.26. The fraction of sp³-hybridized carbons (Fsp3) is 0.450. The van der Waals surface area contributed by atoms with Crippen molar-refractivity contribution in [3.8, 4) is 0 Å². The minimum absolute atomic E-state index is 0.0296. The Hall–Kier alpha value is -2.47. The third kappa shape index (κ3) is 3.29. The van der Waals surface area contributed by atoms with E-state index in [2.05, 4.69) is 32.9 Å². The summed E-state index contributed by atoms with van der Waals surface area (Å²) >= 11 is 0. The first-order valence-electron chi connectivity index (χ1n) is 9.31. The molecule has 26 heavy (non-hydrogen) atoms. The van der Waals surface area contributed by atoms with Crippen LogP contribution in [0.2, 0.25) is 0 Å². The molecule has 0 N–H and O–H groups in total. The van der Waals surface area contributed by atoms with Crippen LogP contribution in [0.4, 0.5) is 11.6 Å². The molecule has 4 rings (SSSR count). The lowest BCUT2D eigenvalue weighted by Crippen LogP contribution is -2.45. The molecule has 0 aliphatic carbocycles. The van der Waals surface area contributed by atoms with Gasteiger partial charge in [0.05, 0.1) is 0 Å². The lowest BCUT2D eigenvalue weighted by Gasteiger charge is -2.33. The molecule has 0 spiro atoms. The van der Waals surface area contributed by atoms with Crippen LogP contribution in [0, 0.1) is 6.92 Å². The van der Waals surface area contributed by atoms with Gasteiger partial charge in [0.1, 0.15) is 5.69 Å². The molecule has 6 nitrogen and oxygen atoms in total. The Labute approximate surface area is 154 Å². The minimum Gasteiger partial charge on any atom is -0.338 e. The summed E-state index contributed by atoms with van der Waals surface area (Å²) in [4.78, 5) is 28.8. The number of fused-ring (bicyclic) bond motifs is 1. The molecule has 0 saturated carbocycles. The van der Waals surface area contributed by atoms with E-state index in [1.54, 1.807) is 6.07 Å². The average Bonchev–Trinajstić information content (AvgIpc) is 2.67. The third-order valence-electron chi connectivity index (χ3n) is 5.20. The zero-order valence-electron chi connectivity index (χ0n) is 15.5. The highest BCUT2D eigenvalue weighted by atomic mass is 16.2. The van der Waals surface area contributed by atoms with Crippen molar-refractivity contribution in [3.63, 3.8) is 0 Å². The lowest BCUT2D eigenvalue weighted by molar-refractivity contribution is 0.0980. The molecule has 1 amide bonds. The molecular weight excluding hydrogens is 326 g/mol. The molecule has 0 radical (unpaired) electrons. The summed E-state index contributed by atoms with van der Waals surface area (Å²) in [7, 11) is 2.12. The van der Waals surface area contributed by atoms with Crippen LogP contribution in [0.1, 0.15) is 28.2 Å². The van der Waals surface area contributed by atoms with E-state index in [1.807, 2.05) is 30.0 Å². The van der Waals surface area contributed by atoms with Gasteiger partial charge in [0.2, 0.25) is 5.95 Å². The molecule has 3 heterocycles. The van der Waals surface area contributed by atoms with Crippen molar-refractivity contribution >= 4 is 17.5 Å². The molecule has 1 saturated heterocycles. The maximum atomic E-state index is 13.2. The van der Waals surface area contributed by atoms with Crippen LogP contribution in [-0.4, -0.2) is 60.5 Å². The first-order chi connectivity index (χ1) is 12.6. The normalized spacial score (nSPS) is 17.9. The Bertz CT molecular complexity index is 814. The van der Waals surface area contributed by atoms with Crippen molar-refractivity contribution in [2.45, 2.75) is 19.8 Å². The van der Waals surface area contributed by atoms with Crippen molar-refractivity contribution in [2.24, 2.45) is 0 Å². The Morgan fingerprint density at radius 3 is 2.62 bits per heavy atom. The van der Waals surface area contributed by atoms with Gasteiger partial charge in [-0.1, -0.05) is 18.2 Å². The van der Waals surface area contributed by atoms with Crippen LogP contribution in [0.5, 0.6) is 0 Å². The molecule has 2 aliphatic rings. The van der Waals surface area contributed by atoms with Crippen LogP contribution < -0.4 is 9.80 Å². The number of para-hydroxylation sites is 1. The number of anilines is 2. The fourth-order valence-electron chi connectivity index (χ4n) is 3.69. The number of piperazine rings is 1. The number of nitrogens with zero attached hydrogens (tertiary/aromatic N) is 5. The van der Waals surface area contributed by atoms with Gasteiger partial charge in [-0.15, -0.1) is 0 Å². The van der Waals surface area contributed by atoms with E-state index < -0.39 is 0 Å². The fourth-order valence-corrected chi connectivity index (χ4v) is 3.69. The number of aryl methyl sites for hydroxylation is 2. The van der Waals surface area contributed by atoms with Gasteiger partial charge < -0.3 is 14.7 Å². The number of carbonyl (C=O) groups excluding carboxylic acids is 1. The lowest BCUT2D eigenvalue weighted by atomic mass is 10.0. The Balaban J connectivity index is 1.63. The zero-order chi connectivity index (χ0) is 18.1. The molecule has 6 heteroatoms. The Kier molecular flexibility index (Phi) is 4.59. The van der Waals surface area contributed by atoms with Crippen LogP contribution in [0.25, 0.3) is 0 Å². The highest BCUT2D eigenvalue weighted by molar-refractivity contribution is 6.05. The molecule has 136 valence electrons. The van der Waals surface area contributed by atoms with Gasteiger partial charge in [-0.25, -0.2) is 9.97 Å². The second-order valence-corrected chi connectivity index (χ2v) is 7.17. The monoisotopic (exact) mass is 351 g/mol. The summed E-state index contributed by atoms with van der Waals surface area (Å²) in [6.45, 7) is 6.42. The van der Waals surface area contributed by atoms with Crippen molar-refractivity contribution in [3.05, 3.63) is 47.3 Å². The summed E-state index contributed by atoms with van der Waals surface area (Å²) in [5.74, 6) is 0.643. The number of likely N-dealkylation sites (N-methyl/N-ethyl adjacent to an activating group) is 1. The smallest absolute Gasteiger partial charge is 0.277 e. The Morgan fingerprint density at radius 2 is 1.81 bits per heavy atom. The molecule has 0 unspecified atom stereocenters. The van der Waals surface area contributed by atoms with Gasteiger partial charge >= 0.3 is 0 Å². The van der Waals surface area contributed by atoms with Gasteiger partial charge in [0, 0.05) is 44.1 Å². The quantitative estimate of drug-likeness (QED) is 0.830. The maximum absolute atomic E-state index is 13.2. The number of amides is 1. The van der Waals surface area contributed by atoms with Crippen LogP contribution in [0.3, 0.4) is 0 Å². The topological polar surface area (TPSA) is 52.6 Å². The van der Waals surface area contributed by atoms with Crippen molar-refractivity contribution in [1.82, 2.24) is 14.9 Å². The minimum atomic E-state index is -0.0296. The number of rotatable bonds is 2. The van der Waals surface area contributed by atoms with Crippen LogP contribution in [-0.2, 0) is 6.42 Å². The Morgan fingerprint density at radius 1 is 1.04 bits per heavy atom. The second kappa shape index (κ2) is 7.03. The molecule has 0 bridgehead atoms. The molecule has 2 aliphatic heterocycles. The predicted octanol–water partition coefficient (Wildman–Crippen LogP) is 2.13. The van der Waals surface area contributed by atoms with Crippen molar-refractivity contribution in [1.29, 1.82) is 0 Å². The number of hydrogen-bond donors (Lipinski definition) is 0.